The van der Waals surface area contributed by atoms with Crippen LogP contribution < -0.4 is 0 Å². The second-order valence-corrected chi connectivity index (χ2v) is 5.00. The van der Waals surface area contributed by atoms with E-state index in [0.717, 1.165) is 38.8 Å². The molecule has 1 saturated heterocycles. The Balaban J connectivity index is 2.51. The molecule has 0 spiro atoms. The number of rotatable bonds is 4. The molecule has 3 unspecified atom stereocenters. The smallest absolute Gasteiger partial charge is 0.225 e. The maximum Gasteiger partial charge on any atom is 0.225 e. The normalized spacial score (nSPS) is 27.9. The molecule has 0 aliphatic carbocycles. The van der Waals surface area contributed by atoms with Gasteiger partial charge in [-0.1, -0.05) is 27.2 Å². The second-order valence-electron chi connectivity index (χ2n) is 5.00. The van der Waals surface area contributed by atoms with E-state index in [-0.39, 0.29) is 23.8 Å². The van der Waals surface area contributed by atoms with Crippen LogP contribution in [0.15, 0.2) is 0 Å². The Hall–Kier alpha value is -0.570. The molecule has 0 aromatic heterocycles. The van der Waals surface area contributed by atoms with Gasteiger partial charge < -0.3 is 10.0 Å². The number of likely N-dealkylation sites (tertiary alicyclic amines) is 1. The molecule has 0 aromatic carbocycles. The molecule has 3 atom stereocenters. The van der Waals surface area contributed by atoms with Gasteiger partial charge in [-0.3, -0.25) is 4.79 Å². The number of aliphatic hydroxyl groups excluding tert-OH is 1. The Kier molecular flexibility index (Phi) is 5.26. The van der Waals surface area contributed by atoms with Crippen LogP contribution in [0.1, 0.15) is 46.5 Å². The molecule has 1 heterocycles. The molecule has 1 fully saturated rings. The number of carbonyl (C=O) groups is 1. The predicted octanol–water partition coefficient (Wildman–Crippen LogP) is 2.04. The first-order chi connectivity index (χ1) is 7.60. The van der Waals surface area contributed by atoms with Crippen LogP contribution in [0.2, 0.25) is 0 Å². The summed E-state index contributed by atoms with van der Waals surface area (Å²) in [6.07, 6.45) is 3.50. The van der Waals surface area contributed by atoms with Crippen LogP contribution >= 0.6 is 0 Å². The summed E-state index contributed by atoms with van der Waals surface area (Å²) in [7, 11) is 0. The van der Waals surface area contributed by atoms with Gasteiger partial charge in [0.25, 0.3) is 0 Å². The fraction of sp³-hybridized carbons (Fsp3) is 0.923. The zero-order valence-corrected chi connectivity index (χ0v) is 10.8. The Bertz CT molecular complexity index is 230. The van der Waals surface area contributed by atoms with Crippen LogP contribution in [0.5, 0.6) is 0 Å². The monoisotopic (exact) mass is 227 g/mol. The van der Waals surface area contributed by atoms with Crippen molar-refractivity contribution in [1.82, 2.24) is 4.90 Å². The van der Waals surface area contributed by atoms with Gasteiger partial charge in [0.05, 0.1) is 6.10 Å². The van der Waals surface area contributed by atoms with Gasteiger partial charge in [-0.2, -0.15) is 0 Å². The van der Waals surface area contributed by atoms with Crippen molar-refractivity contribution in [2.45, 2.75) is 52.6 Å². The molecule has 0 aromatic rings. The lowest BCUT2D eigenvalue weighted by molar-refractivity contribution is -0.139. The molecule has 0 saturated carbocycles. The third-order valence-corrected chi connectivity index (χ3v) is 3.67. The van der Waals surface area contributed by atoms with Crippen LogP contribution in [0, 0.1) is 11.8 Å². The third kappa shape index (κ3) is 3.21. The molecular weight excluding hydrogens is 202 g/mol. The fourth-order valence-electron chi connectivity index (χ4n) is 2.49. The van der Waals surface area contributed by atoms with Gasteiger partial charge in [-0.25, -0.2) is 0 Å². The molecule has 3 heteroatoms. The van der Waals surface area contributed by atoms with Crippen molar-refractivity contribution in [3.8, 4) is 0 Å². The Morgan fingerprint density at radius 3 is 2.75 bits per heavy atom. The van der Waals surface area contributed by atoms with E-state index >= 15 is 0 Å². The van der Waals surface area contributed by atoms with Gasteiger partial charge in [0.15, 0.2) is 0 Å². The largest absolute Gasteiger partial charge is 0.393 e. The minimum Gasteiger partial charge on any atom is -0.393 e. The topological polar surface area (TPSA) is 40.5 Å². The standard InChI is InChI=1S/C13H25NO2/c1-4-6-10(3)13(16)14-8-7-12(15)11(5-2)9-14/h10-12,15H,4-9H2,1-3H3. The number of piperidine rings is 1. The third-order valence-electron chi connectivity index (χ3n) is 3.67. The summed E-state index contributed by atoms with van der Waals surface area (Å²) in [6, 6.07) is 0. The number of nitrogens with zero attached hydrogens (tertiary/aromatic N) is 1. The first kappa shape index (κ1) is 13.5. The summed E-state index contributed by atoms with van der Waals surface area (Å²) in [6.45, 7) is 7.67. The molecule has 94 valence electrons. The van der Waals surface area contributed by atoms with E-state index < -0.39 is 0 Å². The highest BCUT2D eigenvalue weighted by molar-refractivity contribution is 5.78. The molecule has 0 bridgehead atoms. The quantitative estimate of drug-likeness (QED) is 0.798. The molecule has 1 rings (SSSR count). The SMILES string of the molecule is CCCC(C)C(=O)N1CCC(O)C(CC)C1. The predicted molar refractivity (Wildman–Crippen MR) is 65.1 cm³/mol. The average molecular weight is 227 g/mol. The summed E-state index contributed by atoms with van der Waals surface area (Å²) >= 11 is 0. The van der Waals surface area contributed by atoms with Gasteiger partial charge in [0, 0.05) is 24.9 Å². The molecule has 0 radical (unpaired) electrons. The van der Waals surface area contributed by atoms with Gasteiger partial charge >= 0.3 is 0 Å². The fourth-order valence-corrected chi connectivity index (χ4v) is 2.49. The summed E-state index contributed by atoms with van der Waals surface area (Å²) in [5, 5.41) is 9.77. The van der Waals surface area contributed by atoms with Gasteiger partial charge in [0.1, 0.15) is 0 Å². The van der Waals surface area contributed by atoms with Gasteiger partial charge in [0.2, 0.25) is 5.91 Å². The number of hydrogen-bond donors (Lipinski definition) is 1. The van der Waals surface area contributed by atoms with Crippen LogP contribution in [-0.4, -0.2) is 35.1 Å². The minimum atomic E-state index is -0.212. The molecule has 3 nitrogen and oxygen atoms in total. The Labute approximate surface area is 98.8 Å². The number of hydrogen-bond acceptors (Lipinski definition) is 2. The molecule has 1 aliphatic heterocycles. The van der Waals surface area contributed by atoms with E-state index in [2.05, 4.69) is 13.8 Å². The van der Waals surface area contributed by atoms with E-state index in [1.165, 1.54) is 0 Å². The Morgan fingerprint density at radius 2 is 2.19 bits per heavy atom. The van der Waals surface area contributed by atoms with Crippen molar-refractivity contribution in [1.29, 1.82) is 0 Å². The van der Waals surface area contributed by atoms with Crippen molar-refractivity contribution >= 4 is 5.91 Å². The van der Waals surface area contributed by atoms with E-state index in [4.69, 9.17) is 0 Å². The lowest BCUT2D eigenvalue weighted by Gasteiger charge is -2.37. The Morgan fingerprint density at radius 1 is 1.50 bits per heavy atom. The average Bonchev–Trinajstić information content (AvgIpc) is 2.29. The van der Waals surface area contributed by atoms with Gasteiger partial charge in [-0.15, -0.1) is 0 Å². The van der Waals surface area contributed by atoms with Crippen LogP contribution in [-0.2, 0) is 4.79 Å². The van der Waals surface area contributed by atoms with E-state index in [0.29, 0.717) is 0 Å². The van der Waals surface area contributed by atoms with Crippen LogP contribution in [0.25, 0.3) is 0 Å². The van der Waals surface area contributed by atoms with E-state index in [1.807, 2.05) is 11.8 Å². The number of amides is 1. The first-order valence-electron chi connectivity index (χ1n) is 6.56. The maximum atomic E-state index is 12.1. The van der Waals surface area contributed by atoms with Gasteiger partial charge in [-0.05, 0) is 19.3 Å². The minimum absolute atomic E-state index is 0.137. The zero-order chi connectivity index (χ0) is 12.1. The zero-order valence-electron chi connectivity index (χ0n) is 10.8. The molecule has 1 amide bonds. The highest BCUT2D eigenvalue weighted by Crippen LogP contribution is 2.22. The summed E-state index contributed by atoms with van der Waals surface area (Å²) in [5.74, 6) is 0.677. The number of carbonyl (C=O) groups excluding carboxylic acids is 1. The van der Waals surface area contributed by atoms with Crippen LogP contribution in [0.3, 0.4) is 0 Å². The molecule has 1 N–H and O–H groups in total. The van der Waals surface area contributed by atoms with Crippen molar-refractivity contribution < 1.29 is 9.90 Å². The van der Waals surface area contributed by atoms with Crippen molar-refractivity contribution in [3.63, 3.8) is 0 Å². The lowest BCUT2D eigenvalue weighted by Crippen LogP contribution is -2.47. The van der Waals surface area contributed by atoms with Crippen molar-refractivity contribution in [3.05, 3.63) is 0 Å². The summed E-state index contributed by atoms with van der Waals surface area (Å²) in [4.78, 5) is 14.0. The highest BCUT2D eigenvalue weighted by atomic mass is 16.3. The lowest BCUT2D eigenvalue weighted by atomic mass is 9.91. The summed E-state index contributed by atoms with van der Waals surface area (Å²) in [5.41, 5.74) is 0. The number of aliphatic hydroxyl groups is 1. The van der Waals surface area contributed by atoms with E-state index in [1.54, 1.807) is 0 Å². The van der Waals surface area contributed by atoms with Crippen LogP contribution in [0.4, 0.5) is 0 Å². The first-order valence-corrected chi connectivity index (χ1v) is 6.56. The summed E-state index contributed by atoms with van der Waals surface area (Å²) < 4.78 is 0. The van der Waals surface area contributed by atoms with Crippen molar-refractivity contribution in [2.24, 2.45) is 11.8 Å². The van der Waals surface area contributed by atoms with Crippen molar-refractivity contribution in [2.75, 3.05) is 13.1 Å². The molecule has 16 heavy (non-hydrogen) atoms. The molecule has 1 aliphatic rings. The maximum absolute atomic E-state index is 12.1. The second kappa shape index (κ2) is 6.24. The molecular formula is C13H25NO2. The van der Waals surface area contributed by atoms with E-state index in [9.17, 15) is 9.90 Å². The highest BCUT2D eigenvalue weighted by Gasteiger charge is 2.30.